The van der Waals surface area contributed by atoms with Crippen LogP contribution in [0.2, 0.25) is 0 Å². The van der Waals surface area contributed by atoms with E-state index in [4.69, 9.17) is 15.7 Å². The molecule has 0 aromatic heterocycles. The molecule has 0 aliphatic rings. The number of anilines is 1. The highest BCUT2D eigenvalue weighted by Gasteiger charge is 2.00. The van der Waals surface area contributed by atoms with Crippen LogP contribution in [0.5, 0.6) is 5.75 Å². The number of ether oxygens (including phenoxy) is 1. The van der Waals surface area contributed by atoms with Gasteiger partial charge in [-0.1, -0.05) is 6.07 Å². The molecule has 1 aromatic rings. The molecule has 0 unspecified atom stereocenters. The van der Waals surface area contributed by atoms with Crippen molar-refractivity contribution in [3.63, 3.8) is 0 Å². The predicted octanol–water partition coefficient (Wildman–Crippen LogP) is 1.27. The van der Waals surface area contributed by atoms with Crippen molar-refractivity contribution in [2.45, 2.75) is 12.8 Å². The van der Waals surface area contributed by atoms with Gasteiger partial charge in [-0.2, -0.15) is 5.26 Å². The van der Waals surface area contributed by atoms with Crippen LogP contribution in [0.4, 0.5) is 5.69 Å². The van der Waals surface area contributed by atoms with Gasteiger partial charge in [-0.15, -0.1) is 0 Å². The van der Waals surface area contributed by atoms with Crippen molar-refractivity contribution in [3.05, 3.63) is 24.3 Å². The first kappa shape index (κ1) is 13.0. The maximum atomic E-state index is 11.1. The number of nitrogens with two attached hydrogens (primary N) is 1. The van der Waals surface area contributed by atoms with E-state index in [2.05, 4.69) is 5.32 Å². The fourth-order valence-corrected chi connectivity index (χ4v) is 1.22. The van der Waals surface area contributed by atoms with Crippen molar-refractivity contribution < 1.29 is 9.53 Å². The SMILES string of the molecule is N#CCCCOc1cccc(NC(=O)CN)c1. The van der Waals surface area contributed by atoms with Gasteiger partial charge >= 0.3 is 0 Å². The number of hydrogen-bond donors (Lipinski definition) is 2. The number of benzene rings is 1. The van der Waals surface area contributed by atoms with Gasteiger partial charge in [-0.25, -0.2) is 0 Å². The molecule has 3 N–H and O–H groups in total. The van der Waals surface area contributed by atoms with Crippen molar-refractivity contribution in [1.82, 2.24) is 0 Å². The van der Waals surface area contributed by atoms with E-state index in [1.165, 1.54) is 0 Å². The summed E-state index contributed by atoms with van der Waals surface area (Å²) in [7, 11) is 0. The number of nitrogens with zero attached hydrogens (tertiary/aromatic N) is 1. The number of unbranched alkanes of at least 4 members (excludes halogenated alkanes) is 1. The van der Waals surface area contributed by atoms with E-state index in [0.717, 1.165) is 0 Å². The minimum atomic E-state index is -0.244. The molecule has 5 heteroatoms. The molecule has 0 aliphatic carbocycles. The third-order valence-electron chi connectivity index (χ3n) is 2.00. The molecular weight excluding hydrogens is 218 g/mol. The maximum Gasteiger partial charge on any atom is 0.238 e. The molecule has 1 rings (SSSR count). The van der Waals surface area contributed by atoms with E-state index in [1.54, 1.807) is 24.3 Å². The lowest BCUT2D eigenvalue weighted by Gasteiger charge is -2.07. The molecule has 0 saturated heterocycles. The molecule has 0 aliphatic heterocycles. The normalized spacial score (nSPS) is 9.41. The Morgan fingerprint density at radius 1 is 1.53 bits per heavy atom. The van der Waals surface area contributed by atoms with E-state index >= 15 is 0 Å². The molecular formula is C12H15N3O2. The van der Waals surface area contributed by atoms with E-state index in [-0.39, 0.29) is 12.5 Å². The van der Waals surface area contributed by atoms with Crippen LogP contribution in [0.1, 0.15) is 12.8 Å². The quantitative estimate of drug-likeness (QED) is 0.724. The topological polar surface area (TPSA) is 88.1 Å². The van der Waals surface area contributed by atoms with Gasteiger partial charge in [0.1, 0.15) is 5.75 Å². The monoisotopic (exact) mass is 233 g/mol. The van der Waals surface area contributed by atoms with Crippen LogP contribution in [0, 0.1) is 11.3 Å². The third kappa shape index (κ3) is 5.00. The summed E-state index contributed by atoms with van der Waals surface area (Å²) in [5.41, 5.74) is 5.85. The van der Waals surface area contributed by atoms with Crippen molar-refractivity contribution in [2.75, 3.05) is 18.5 Å². The highest BCUT2D eigenvalue weighted by Crippen LogP contribution is 2.17. The van der Waals surface area contributed by atoms with Gasteiger partial charge < -0.3 is 15.8 Å². The fourth-order valence-electron chi connectivity index (χ4n) is 1.22. The Balaban J connectivity index is 2.48. The van der Waals surface area contributed by atoms with E-state index < -0.39 is 0 Å². The second-order valence-electron chi connectivity index (χ2n) is 3.39. The van der Waals surface area contributed by atoms with Crippen LogP contribution < -0.4 is 15.8 Å². The van der Waals surface area contributed by atoms with Crippen LogP contribution in [0.25, 0.3) is 0 Å². The number of nitrogens with one attached hydrogen (secondary N) is 1. The van der Waals surface area contributed by atoms with Crippen molar-refractivity contribution in [1.29, 1.82) is 5.26 Å². The maximum absolute atomic E-state index is 11.1. The third-order valence-corrected chi connectivity index (χ3v) is 2.00. The molecule has 0 spiro atoms. The highest BCUT2D eigenvalue weighted by atomic mass is 16.5. The number of amides is 1. The number of hydrogen-bond acceptors (Lipinski definition) is 4. The molecule has 17 heavy (non-hydrogen) atoms. The van der Waals surface area contributed by atoms with Crippen LogP contribution in [0.3, 0.4) is 0 Å². The second-order valence-corrected chi connectivity index (χ2v) is 3.39. The van der Waals surface area contributed by atoms with E-state index in [0.29, 0.717) is 30.9 Å². The zero-order valence-electron chi connectivity index (χ0n) is 9.48. The van der Waals surface area contributed by atoms with Crippen LogP contribution in [-0.4, -0.2) is 19.1 Å². The Hall–Kier alpha value is -2.06. The molecule has 0 radical (unpaired) electrons. The van der Waals surface area contributed by atoms with Gasteiger partial charge in [0.05, 0.1) is 19.2 Å². The van der Waals surface area contributed by atoms with Gasteiger partial charge in [0.25, 0.3) is 0 Å². The lowest BCUT2D eigenvalue weighted by Crippen LogP contribution is -2.21. The molecule has 0 fully saturated rings. The van der Waals surface area contributed by atoms with Crippen molar-refractivity contribution >= 4 is 11.6 Å². The summed E-state index contributed by atoms with van der Waals surface area (Å²) < 4.78 is 5.43. The van der Waals surface area contributed by atoms with E-state index in [1.807, 2.05) is 6.07 Å². The van der Waals surface area contributed by atoms with Crippen LogP contribution >= 0.6 is 0 Å². The zero-order valence-corrected chi connectivity index (χ0v) is 9.48. The number of carbonyl (C=O) groups excluding carboxylic acids is 1. The van der Waals surface area contributed by atoms with Crippen LogP contribution in [-0.2, 0) is 4.79 Å². The Morgan fingerprint density at radius 3 is 3.06 bits per heavy atom. The lowest BCUT2D eigenvalue weighted by atomic mass is 10.3. The summed E-state index contributed by atoms with van der Waals surface area (Å²) in [5, 5.41) is 11.0. The molecule has 1 amide bonds. The zero-order chi connectivity index (χ0) is 12.5. The van der Waals surface area contributed by atoms with Gasteiger partial charge in [0.15, 0.2) is 0 Å². The van der Waals surface area contributed by atoms with Gasteiger partial charge in [-0.3, -0.25) is 4.79 Å². The highest BCUT2D eigenvalue weighted by molar-refractivity contribution is 5.92. The Morgan fingerprint density at radius 2 is 2.35 bits per heavy atom. The number of nitriles is 1. The fraction of sp³-hybridized carbons (Fsp3) is 0.333. The number of rotatable bonds is 6. The summed E-state index contributed by atoms with van der Waals surface area (Å²) in [4.78, 5) is 11.1. The molecule has 0 atom stereocenters. The molecule has 1 aromatic carbocycles. The lowest BCUT2D eigenvalue weighted by molar-refractivity contribution is -0.114. The Labute approximate surface area is 100 Å². The first-order valence-electron chi connectivity index (χ1n) is 5.36. The summed E-state index contributed by atoms with van der Waals surface area (Å²) in [5.74, 6) is 0.421. The minimum absolute atomic E-state index is 0.0484. The Bertz CT molecular complexity index is 412. The summed E-state index contributed by atoms with van der Waals surface area (Å²) in [6.45, 7) is 0.440. The molecule has 0 saturated carbocycles. The van der Waals surface area contributed by atoms with Crippen molar-refractivity contribution in [2.24, 2.45) is 5.73 Å². The largest absolute Gasteiger partial charge is 0.493 e. The average molecular weight is 233 g/mol. The first-order chi connectivity index (χ1) is 8.26. The predicted molar refractivity (Wildman–Crippen MR) is 64.5 cm³/mol. The summed E-state index contributed by atoms with van der Waals surface area (Å²) in [6, 6.07) is 9.11. The van der Waals surface area contributed by atoms with Gasteiger partial charge in [-0.05, 0) is 18.6 Å². The van der Waals surface area contributed by atoms with Gasteiger partial charge in [0, 0.05) is 18.2 Å². The minimum Gasteiger partial charge on any atom is -0.493 e. The second kappa shape index (κ2) is 7.25. The Kier molecular flexibility index (Phi) is 5.55. The molecule has 0 heterocycles. The summed E-state index contributed by atoms with van der Waals surface area (Å²) >= 11 is 0. The smallest absolute Gasteiger partial charge is 0.238 e. The molecule has 5 nitrogen and oxygen atoms in total. The molecule has 90 valence electrons. The first-order valence-corrected chi connectivity index (χ1v) is 5.36. The average Bonchev–Trinajstić information content (AvgIpc) is 2.35. The summed E-state index contributed by atoms with van der Waals surface area (Å²) in [6.07, 6.45) is 1.17. The number of carbonyl (C=O) groups is 1. The standard InChI is InChI=1S/C12H15N3O2/c13-6-1-2-7-17-11-5-3-4-10(8-11)15-12(16)9-14/h3-5,8H,1-2,7,9,14H2,(H,15,16). The van der Waals surface area contributed by atoms with Gasteiger partial charge in [0.2, 0.25) is 5.91 Å². The van der Waals surface area contributed by atoms with E-state index in [9.17, 15) is 4.79 Å². The van der Waals surface area contributed by atoms with Crippen molar-refractivity contribution in [3.8, 4) is 11.8 Å². The molecule has 0 bridgehead atoms. The van der Waals surface area contributed by atoms with Crippen LogP contribution in [0.15, 0.2) is 24.3 Å².